The zero-order valence-electron chi connectivity index (χ0n) is 17.1. The first-order valence-corrected chi connectivity index (χ1v) is 10.1. The molecule has 0 aliphatic heterocycles. The zero-order valence-corrected chi connectivity index (χ0v) is 17.8. The minimum absolute atomic E-state index is 0.170. The Labute approximate surface area is 186 Å². The van der Waals surface area contributed by atoms with Crippen LogP contribution in [-0.4, -0.2) is 38.6 Å². The molecule has 2 N–H and O–H groups in total. The van der Waals surface area contributed by atoms with Crippen LogP contribution in [0.1, 0.15) is 10.4 Å². The van der Waals surface area contributed by atoms with E-state index in [1.165, 1.54) is 0 Å². The molecule has 0 spiro atoms. The molecule has 160 valence electrons. The minimum atomic E-state index is -0.304. The largest absolute Gasteiger partial charge is 0.497 e. The van der Waals surface area contributed by atoms with Crippen LogP contribution in [0, 0.1) is 0 Å². The third-order valence-corrected chi connectivity index (χ3v) is 4.78. The highest BCUT2D eigenvalue weighted by Crippen LogP contribution is 2.30. The molecule has 2 amide bonds. The molecule has 3 aromatic carbocycles. The number of halogens is 1. The van der Waals surface area contributed by atoms with Crippen molar-refractivity contribution in [2.24, 2.45) is 0 Å². The van der Waals surface area contributed by atoms with Gasteiger partial charge in [0.25, 0.3) is 11.8 Å². The molecule has 31 heavy (non-hydrogen) atoms. The summed E-state index contributed by atoms with van der Waals surface area (Å²) in [6.45, 7) is 0.407. The fourth-order valence-corrected chi connectivity index (χ4v) is 3.08. The van der Waals surface area contributed by atoms with Crippen LogP contribution in [0.5, 0.6) is 11.5 Å². The number of benzene rings is 3. The highest BCUT2D eigenvalue weighted by molar-refractivity contribution is 6.32. The highest BCUT2D eigenvalue weighted by atomic mass is 35.5. The Morgan fingerprint density at radius 2 is 1.58 bits per heavy atom. The average Bonchev–Trinajstić information content (AvgIpc) is 2.81. The van der Waals surface area contributed by atoms with Crippen molar-refractivity contribution in [3.8, 4) is 22.6 Å². The molecule has 0 radical (unpaired) electrons. The Balaban J connectivity index is 1.39. The van der Waals surface area contributed by atoms with Crippen molar-refractivity contribution in [1.82, 2.24) is 10.6 Å². The van der Waals surface area contributed by atoms with E-state index in [9.17, 15) is 9.59 Å². The minimum Gasteiger partial charge on any atom is -0.497 e. The summed E-state index contributed by atoms with van der Waals surface area (Å²) in [5, 5.41) is 5.86. The quantitative estimate of drug-likeness (QED) is 0.496. The molecule has 0 atom stereocenters. The lowest BCUT2D eigenvalue weighted by Gasteiger charge is -2.11. The summed E-state index contributed by atoms with van der Waals surface area (Å²) in [5.74, 6) is 0.586. The number of rotatable bonds is 9. The van der Waals surface area contributed by atoms with Gasteiger partial charge < -0.3 is 20.1 Å². The molecule has 0 bridgehead atoms. The Bertz CT molecular complexity index is 1020. The molecular weight excluding hydrogens is 416 g/mol. The van der Waals surface area contributed by atoms with Crippen LogP contribution in [-0.2, 0) is 4.79 Å². The lowest BCUT2D eigenvalue weighted by molar-refractivity contribution is -0.123. The van der Waals surface area contributed by atoms with Gasteiger partial charge in [-0.3, -0.25) is 9.59 Å². The van der Waals surface area contributed by atoms with Gasteiger partial charge >= 0.3 is 0 Å². The standard InChI is InChI=1S/C24H23ClN2O4/c1-30-20-10-7-18(8-11-20)24(29)27-14-13-26-23(28)16-31-22-12-9-19(15-21(22)25)17-5-3-2-4-6-17/h2-12,15H,13-14,16H2,1H3,(H,26,28)(H,27,29). The van der Waals surface area contributed by atoms with Gasteiger partial charge in [-0.1, -0.05) is 48.0 Å². The summed E-state index contributed by atoms with van der Waals surface area (Å²) in [7, 11) is 1.56. The Morgan fingerprint density at radius 3 is 2.26 bits per heavy atom. The second kappa shape index (κ2) is 11.0. The Kier molecular flexibility index (Phi) is 7.90. The number of methoxy groups -OCH3 is 1. The normalized spacial score (nSPS) is 10.3. The van der Waals surface area contributed by atoms with E-state index in [1.807, 2.05) is 36.4 Å². The van der Waals surface area contributed by atoms with Gasteiger partial charge in [0.05, 0.1) is 12.1 Å². The lowest BCUT2D eigenvalue weighted by atomic mass is 10.1. The van der Waals surface area contributed by atoms with Gasteiger partial charge in [0.2, 0.25) is 0 Å². The maximum atomic E-state index is 12.1. The van der Waals surface area contributed by atoms with E-state index in [1.54, 1.807) is 43.5 Å². The van der Waals surface area contributed by atoms with Gasteiger partial charge in [0.1, 0.15) is 11.5 Å². The van der Waals surface area contributed by atoms with E-state index >= 15 is 0 Å². The second-order valence-corrected chi connectivity index (χ2v) is 7.04. The number of amides is 2. The Hall–Kier alpha value is -3.51. The van der Waals surface area contributed by atoms with Crippen molar-refractivity contribution in [3.05, 3.63) is 83.4 Å². The summed E-state index contributed by atoms with van der Waals surface area (Å²) in [6, 6.07) is 22.1. The SMILES string of the molecule is COc1ccc(C(=O)NCCNC(=O)COc2ccc(-c3ccccc3)cc2Cl)cc1. The smallest absolute Gasteiger partial charge is 0.258 e. The third-order valence-electron chi connectivity index (χ3n) is 4.48. The van der Waals surface area contributed by atoms with Crippen LogP contribution in [0.3, 0.4) is 0 Å². The van der Waals surface area contributed by atoms with E-state index in [-0.39, 0.29) is 25.0 Å². The molecular formula is C24H23ClN2O4. The first-order valence-electron chi connectivity index (χ1n) is 9.73. The molecule has 0 saturated heterocycles. The van der Waals surface area contributed by atoms with E-state index in [2.05, 4.69) is 10.6 Å². The third kappa shape index (κ3) is 6.49. The van der Waals surface area contributed by atoms with Crippen LogP contribution >= 0.6 is 11.6 Å². The van der Waals surface area contributed by atoms with Crippen LogP contribution in [0.4, 0.5) is 0 Å². The molecule has 0 aromatic heterocycles. The fraction of sp³-hybridized carbons (Fsp3) is 0.167. The molecule has 0 unspecified atom stereocenters. The van der Waals surface area contributed by atoms with Crippen LogP contribution < -0.4 is 20.1 Å². The van der Waals surface area contributed by atoms with Gasteiger partial charge in [-0.15, -0.1) is 0 Å². The summed E-state index contributed by atoms with van der Waals surface area (Å²) in [6.07, 6.45) is 0. The first-order chi connectivity index (χ1) is 15.1. The van der Waals surface area contributed by atoms with E-state index in [0.717, 1.165) is 11.1 Å². The van der Waals surface area contributed by atoms with Crippen molar-refractivity contribution in [3.63, 3.8) is 0 Å². The fourth-order valence-electron chi connectivity index (χ4n) is 2.84. The number of carbonyl (C=O) groups excluding carboxylic acids is 2. The maximum Gasteiger partial charge on any atom is 0.258 e. The summed E-state index contributed by atoms with van der Waals surface area (Å²) < 4.78 is 10.6. The van der Waals surface area contributed by atoms with Crippen molar-refractivity contribution >= 4 is 23.4 Å². The Morgan fingerprint density at radius 1 is 0.871 bits per heavy atom. The topological polar surface area (TPSA) is 76.7 Å². The number of hydrogen-bond donors (Lipinski definition) is 2. The number of ether oxygens (including phenoxy) is 2. The van der Waals surface area contributed by atoms with Crippen LogP contribution in [0.15, 0.2) is 72.8 Å². The van der Waals surface area contributed by atoms with Gasteiger partial charge in [-0.2, -0.15) is 0 Å². The van der Waals surface area contributed by atoms with E-state index in [4.69, 9.17) is 21.1 Å². The molecule has 0 fully saturated rings. The van der Waals surface area contributed by atoms with Crippen molar-refractivity contribution in [2.75, 3.05) is 26.8 Å². The molecule has 0 aliphatic carbocycles. The highest BCUT2D eigenvalue weighted by Gasteiger charge is 2.09. The number of nitrogens with one attached hydrogen (secondary N) is 2. The zero-order chi connectivity index (χ0) is 22.1. The molecule has 6 nitrogen and oxygen atoms in total. The average molecular weight is 439 g/mol. The second-order valence-electron chi connectivity index (χ2n) is 6.63. The first kappa shape index (κ1) is 22.2. The predicted molar refractivity (Wildman–Crippen MR) is 121 cm³/mol. The monoisotopic (exact) mass is 438 g/mol. The molecule has 0 heterocycles. The van der Waals surface area contributed by atoms with Gasteiger partial charge in [-0.05, 0) is 47.5 Å². The predicted octanol–water partition coefficient (Wildman–Crippen LogP) is 3.94. The van der Waals surface area contributed by atoms with Gasteiger partial charge in [-0.25, -0.2) is 0 Å². The maximum absolute atomic E-state index is 12.1. The number of carbonyl (C=O) groups is 2. The molecule has 3 aromatic rings. The molecule has 7 heteroatoms. The van der Waals surface area contributed by atoms with E-state index in [0.29, 0.717) is 28.6 Å². The number of hydrogen-bond acceptors (Lipinski definition) is 4. The molecule has 0 aliphatic rings. The summed E-state index contributed by atoms with van der Waals surface area (Å²) >= 11 is 6.29. The van der Waals surface area contributed by atoms with Crippen molar-refractivity contribution in [1.29, 1.82) is 0 Å². The van der Waals surface area contributed by atoms with Crippen molar-refractivity contribution < 1.29 is 19.1 Å². The van der Waals surface area contributed by atoms with Crippen molar-refractivity contribution in [2.45, 2.75) is 0 Å². The van der Waals surface area contributed by atoms with E-state index < -0.39 is 0 Å². The summed E-state index contributed by atoms with van der Waals surface area (Å²) in [4.78, 5) is 24.1. The van der Waals surface area contributed by atoms with Crippen LogP contribution in [0.25, 0.3) is 11.1 Å². The lowest BCUT2D eigenvalue weighted by Crippen LogP contribution is -2.36. The van der Waals surface area contributed by atoms with Gasteiger partial charge in [0, 0.05) is 18.7 Å². The van der Waals surface area contributed by atoms with Crippen LogP contribution in [0.2, 0.25) is 5.02 Å². The van der Waals surface area contributed by atoms with Gasteiger partial charge in [0.15, 0.2) is 6.61 Å². The summed E-state index contributed by atoms with van der Waals surface area (Å²) in [5.41, 5.74) is 2.53. The molecule has 0 saturated carbocycles. The molecule has 3 rings (SSSR count).